The molecule has 0 spiro atoms. The SMILES string of the molecule is CC(C)([C@H]1CC[C@@H](O)CC1)[PH](c1ccccc1)(c1ccccc1)c1ccccc1. The number of benzene rings is 3. The van der Waals surface area contributed by atoms with Gasteiger partial charge in [0, 0.05) is 0 Å². The molecule has 2 heteroatoms. The third kappa shape index (κ3) is 3.56. The van der Waals surface area contributed by atoms with Gasteiger partial charge in [0.2, 0.25) is 0 Å². The van der Waals surface area contributed by atoms with E-state index in [0.29, 0.717) is 5.92 Å². The van der Waals surface area contributed by atoms with Gasteiger partial charge in [-0.3, -0.25) is 0 Å². The molecule has 0 aromatic heterocycles. The second-order valence-corrected chi connectivity index (χ2v) is 13.6. The van der Waals surface area contributed by atoms with E-state index in [1.54, 1.807) is 0 Å². The van der Waals surface area contributed by atoms with Gasteiger partial charge in [-0.1, -0.05) is 0 Å². The molecule has 0 bridgehead atoms. The van der Waals surface area contributed by atoms with E-state index in [0.717, 1.165) is 25.7 Å². The van der Waals surface area contributed by atoms with E-state index < -0.39 is 7.26 Å². The Bertz CT molecular complexity index is 800. The second kappa shape index (κ2) is 8.42. The zero-order chi connectivity index (χ0) is 20.3. The molecule has 1 aliphatic carbocycles. The molecule has 0 amide bonds. The Kier molecular flexibility index (Phi) is 5.91. The van der Waals surface area contributed by atoms with Crippen LogP contribution in [0.15, 0.2) is 91.0 Å². The number of rotatable bonds is 5. The van der Waals surface area contributed by atoms with Gasteiger partial charge in [-0.15, -0.1) is 0 Å². The summed E-state index contributed by atoms with van der Waals surface area (Å²) in [5, 5.41) is 14.7. The molecule has 29 heavy (non-hydrogen) atoms. The van der Waals surface area contributed by atoms with Crippen LogP contribution in [0.2, 0.25) is 0 Å². The van der Waals surface area contributed by atoms with Crippen molar-refractivity contribution in [2.45, 2.75) is 50.8 Å². The Hall–Kier alpha value is -1.95. The zero-order valence-corrected chi connectivity index (χ0v) is 18.6. The van der Waals surface area contributed by atoms with Crippen LogP contribution in [0, 0.1) is 5.92 Å². The maximum absolute atomic E-state index is 10.2. The fraction of sp³-hybridized carbons (Fsp3) is 0.333. The van der Waals surface area contributed by atoms with Crippen LogP contribution in [0.1, 0.15) is 39.5 Å². The van der Waals surface area contributed by atoms with Gasteiger partial charge in [-0.05, 0) is 0 Å². The summed E-state index contributed by atoms with van der Waals surface area (Å²) < 4.78 is 0. The first-order valence-corrected chi connectivity index (χ1v) is 12.9. The third-order valence-electron chi connectivity index (χ3n) is 7.30. The van der Waals surface area contributed by atoms with Gasteiger partial charge in [0.05, 0.1) is 0 Å². The summed E-state index contributed by atoms with van der Waals surface area (Å²) in [4.78, 5) is 0. The van der Waals surface area contributed by atoms with Crippen molar-refractivity contribution >= 4 is 23.2 Å². The van der Waals surface area contributed by atoms with Gasteiger partial charge in [0.25, 0.3) is 0 Å². The Labute approximate surface area is 176 Å². The molecule has 1 fully saturated rings. The van der Waals surface area contributed by atoms with Crippen LogP contribution in [-0.2, 0) is 0 Å². The molecule has 152 valence electrons. The minimum atomic E-state index is -2.34. The molecule has 0 heterocycles. The summed E-state index contributed by atoms with van der Waals surface area (Å²) in [6, 6.07) is 33.7. The molecule has 1 aliphatic rings. The molecule has 0 atom stereocenters. The minimum absolute atomic E-state index is 0.108. The summed E-state index contributed by atoms with van der Waals surface area (Å²) in [7, 11) is -2.34. The normalized spacial score (nSPS) is 20.9. The van der Waals surface area contributed by atoms with Gasteiger partial charge in [-0.2, -0.15) is 0 Å². The van der Waals surface area contributed by atoms with Crippen molar-refractivity contribution in [1.82, 2.24) is 0 Å². The summed E-state index contributed by atoms with van der Waals surface area (Å²) in [6.07, 6.45) is 3.95. The molecule has 3 aromatic rings. The van der Waals surface area contributed by atoms with E-state index in [9.17, 15) is 5.11 Å². The molecule has 1 N–H and O–H groups in total. The van der Waals surface area contributed by atoms with E-state index in [1.165, 1.54) is 15.9 Å². The van der Waals surface area contributed by atoms with Crippen molar-refractivity contribution in [1.29, 1.82) is 0 Å². The van der Waals surface area contributed by atoms with Crippen LogP contribution in [0.4, 0.5) is 0 Å². The first-order valence-electron chi connectivity index (χ1n) is 10.9. The van der Waals surface area contributed by atoms with Crippen LogP contribution in [0.5, 0.6) is 0 Å². The van der Waals surface area contributed by atoms with E-state index in [1.807, 2.05) is 0 Å². The molecule has 4 rings (SSSR count). The Morgan fingerprint density at radius 1 is 0.621 bits per heavy atom. The quantitative estimate of drug-likeness (QED) is 0.591. The average Bonchev–Trinajstić information content (AvgIpc) is 2.77. The van der Waals surface area contributed by atoms with Crippen LogP contribution >= 0.6 is 7.26 Å². The molecule has 1 nitrogen and oxygen atoms in total. The summed E-state index contributed by atoms with van der Waals surface area (Å²) in [5.74, 6) is 0.596. The molecule has 0 saturated heterocycles. The van der Waals surface area contributed by atoms with E-state index in [2.05, 4.69) is 105 Å². The first kappa shape index (κ1) is 20.3. The van der Waals surface area contributed by atoms with E-state index in [-0.39, 0.29) is 11.3 Å². The van der Waals surface area contributed by atoms with Gasteiger partial charge >= 0.3 is 176 Å². The predicted octanol–water partition coefficient (Wildman–Crippen LogP) is 5.04. The third-order valence-corrected chi connectivity index (χ3v) is 13.2. The number of hydrogen-bond donors (Lipinski definition) is 1. The molecule has 3 aromatic carbocycles. The molecular weight excluding hydrogens is 371 g/mol. The van der Waals surface area contributed by atoms with Crippen molar-refractivity contribution in [3.8, 4) is 0 Å². The molecule has 0 aliphatic heterocycles. The number of aliphatic hydroxyl groups excluding tert-OH is 1. The molecule has 1 saturated carbocycles. The topological polar surface area (TPSA) is 20.2 Å². The number of aliphatic hydroxyl groups is 1. The van der Waals surface area contributed by atoms with Crippen molar-refractivity contribution in [3.63, 3.8) is 0 Å². The van der Waals surface area contributed by atoms with E-state index in [4.69, 9.17) is 0 Å². The molecule has 0 radical (unpaired) electrons. The van der Waals surface area contributed by atoms with Gasteiger partial charge in [-0.25, -0.2) is 0 Å². The van der Waals surface area contributed by atoms with Crippen LogP contribution < -0.4 is 15.9 Å². The van der Waals surface area contributed by atoms with Crippen molar-refractivity contribution in [3.05, 3.63) is 91.0 Å². The second-order valence-electron chi connectivity index (χ2n) is 9.08. The summed E-state index contributed by atoms with van der Waals surface area (Å²) in [5.41, 5.74) is 0. The van der Waals surface area contributed by atoms with Crippen molar-refractivity contribution in [2.24, 2.45) is 5.92 Å². The van der Waals surface area contributed by atoms with Crippen molar-refractivity contribution in [2.75, 3.05) is 0 Å². The molecule has 0 unspecified atom stereocenters. The first-order chi connectivity index (χ1) is 14.1. The summed E-state index contributed by atoms with van der Waals surface area (Å²) >= 11 is 0. The standard InChI is InChI=1S/C27H33OP/c1-27(2,22-18-20-23(28)21-19-22)29(24-12-6-3-7-13-24,25-14-8-4-9-15-25)26-16-10-5-11-17-26/h3-17,22-23,28-29H,18-21H2,1-2H3/t22-,23+. The zero-order valence-electron chi connectivity index (χ0n) is 17.6. The van der Waals surface area contributed by atoms with Crippen LogP contribution in [0.25, 0.3) is 0 Å². The summed E-state index contributed by atoms with van der Waals surface area (Å²) in [6.45, 7) is 5.02. The Morgan fingerprint density at radius 2 is 0.966 bits per heavy atom. The van der Waals surface area contributed by atoms with Gasteiger partial charge < -0.3 is 0 Å². The van der Waals surface area contributed by atoms with Gasteiger partial charge in [0.15, 0.2) is 0 Å². The Balaban J connectivity index is 2.00. The fourth-order valence-electron chi connectivity index (χ4n) is 5.78. The van der Waals surface area contributed by atoms with Crippen LogP contribution in [0.3, 0.4) is 0 Å². The fourth-order valence-corrected chi connectivity index (χ4v) is 12.0. The Morgan fingerprint density at radius 3 is 1.31 bits per heavy atom. The van der Waals surface area contributed by atoms with E-state index >= 15 is 0 Å². The van der Waals surface area contributed by atoms with Crippen LogP contribution in [-0.4, -0.2) is 16.4 Å². The molecular formula is C27H33OP. The maximum atomic E-state index is 10.2. The monoisotopic (exact) mass is 404 g/mol. The average molecular weight is 405 g/mol. The number of hydrogen-bond acceptors (Lipinski definition) is 1. The predicted molar refractivity (Wildman–Crippen MR) is 129 cm³/mol. The van der Waals surface area contributed by atoms with Gasteiger partial charge in [0.1, 0.15) is 0 Å². The van der Waals surface area contributed by atoms with Crippen molar-refractivity contribution < 1.29 is 5.11 Å².